The molecule has 8 heteroatoms. The second-order valence-electron chi connectivity index (χ2n) is 4.13. The Morgan fingerprint density at radius 2 is 1.90 bits per heavy atom. The summed E-state index contributed by atoms with van der Waals surface area (Å²) in [5, 5.41) is 4.26. The monoisotopic (exact) mass is 397 g/mol. The Morgan fingerprint density at radius 1 is 1.30 bits per heavy atom. The molecule has 0 bridgehead atoms. The summed E-state index contributed by atoms with van der Waals surface area (Å²) in [6, 6.07) is 5.62. The lowest BCUT2D eigenvalue weighted by molar-refractivity contribution is -0.274. The molecular formula is C12H11F3IN3O. The van der Waals surface area contributed by atoms with Crippen molar-refractivity contribution in [3.05, 3.63) is 39.1 Å². The highest BCUT2D eigenvalue weighted by atomic mass is 127. The van der Waals surface area contributed by atoms with Gasteiger partial charge in [-0.1, -0.05) is 12.1 Å². The van der Waals surface area contributed by atoms with Crippen LogP contribution in [0.25, 0.3) is 0 Å². The van der Waals surface area contributed by atoms with Gasteiger partial charge in [-0.2, -0.15) is 5.10 Å². The van der Waals surface area contributed by atoms with Crippen LogP contribution in [0, 0.1) is 10.5 Å². The molecule has 0 radical (unpaired) electrons. The van der Waals surface area contributed by atoms with Crippen LogP contribution >= 0.6 is 22.6 Å². The Hall–Kier alpha value is -1.45. The fourth-order valence-corrected chi connectivity index (χ4v) is 2.05. The quantitative estimate of drug-likeness (QED) is 0.809. The molecule has 1 heterocycles. The third-order valence-corrected chi connectivity index (χ3v) is 3.91. The number of hydrogen-bond donors (Lipinski definition) is 1. The molecule has 0 aliphatic rings. The van der Waals surface area contributed by atoms with Crippen LogP contribution in [0.4, 0.5) is 19.0 Å². The van der Waals surface area contributed by atoms with Gasteiger partial charge in [0.25, 0.3) is 0 Å². The number of halogens is 4. The third-order valence-electron chi connectivity index (χ3n) is 2.58. The summed E-state index contributed by atoms with van der Waals surface area (Å²) < 4.78 is 42.4. The number of nitrogens with two attached hydrogens (primary N) is 1. The van der Waals surface area contributed by atoms with E-state index in [-0.39, 0.29) is 5.75 Å². The van der Waals surface area contributed by atoms with E-state index in [1.54, 1.807) is 16.8 Å². The van der Waals surface area contributed by atoms with Gasteiger partial charge in [0.1, 0.15) is 11.6 Å². The molecule has 0 spiro atoms. The lowest BCUT2D eigenvalue weighted by atomic mass is 10.2. The fourth-order valence-electron chi connectivity index (χ4n) is 1.67. The molecule has 2 aromatic rings. The van der Waals surface area contributed by atoms with Gasteiger partial charge < -0.3 is 10.5 Å². The molecule has 0 fully saturated rings. The number of benzene rings is 1. The van der Waals surface area contributed by atoms with Crippen LogP contribution in [0.2, 0.25) is 0 Å². The molecule has 0 saturated carbocycles. The van der Waals surface area contributed by atoms with E-state index in [2.05, 4.69) is 32.4 Å². The van der Waals surface area contributed by atoms with Crippen molar-refractivity contribution in [3.63, 3.8) is 0 Å². The minimum atomic E-state index is -4.68. The standard InChI is InChI=1S/C12H11F3IN3O/c1-7-10(16)11(17)19(18-7)6-8-2-4-9(5-3-8)20-12(13,14)15/h2-5H,6,17H2,1H3. The maximum absolute atomic E-state index is 12.0. The van der Waals surface area contributed by atoms with Crippen molar-refractivity contribution in [2.75, 3.05) is 5.73 Å². The molecule has 2 N–H and O–H groups in total. The van der Waals surface area contributed by atoms with E-state index in [9.17, 15) is 13.2 Å². The first-order valence-electron chi connectivity index (χ1n) is 5.59. The average molecular weight is 397 g/mol. The van der Waals surface area contributed by atoms with Gasteiger partial charge in [0, 0.05) is 0 Å². The van der Waals surface area contributed by atoms with Crippen molar-refractivity contribution in [1.29, 1.82) is 0 Å². The SMILES string of the molecule is Cc1nn(Cc2ccc(OC(F)(F)F)cc2)c(N)c1I. The summed E-state index contributed by atoms with van der Waals surface area (Å²) in [7, 11) is 0. The molecule has 0 amide bonds. The molecule has 108 valence electrons. The van der Waals surface area contributed by atoms with Crippen molar-refractivity contribution in [2.24, 2.45) is 0 Å². The lowest BCUT2D eigenvalue weighted by Gasteiger charge is -2.09. The van der Waals surface area contributed by atoms with Gasteiger partial charge in [0.2, 0.25) is 0 Å². The van der Waals surface area contributed by atoms with Crippen LogP contribution in [0.15, 0.2) is 24.3 Å². The molecule has 0 atom stereocenters. The van der Waals surface area contributed by atoms with Crippen LogP contribution in [0.5, 0.6) is 5.75 Å². The summed E-state index contributed by atoms with van der Waals surface area (Å²) >= 11 is 2.10. The predicted octanol–water partition coefficient (Wildman–Crippen LogP) is 3.33. The minimum Gasteiger partial charge on any atom is -0.406 e. The minimum absolute atomic E-state index is 0.250. The molecule has 4 nitrogen and oxygen atoms in total. The van der Waals surface area contributed by atoms with E-state index in [1.165, 1.54) is 12.1 Å². The molecule has 0 saturated heterocycles. The number of anilines is 1. The molecule has 1 aromatic carbocycles. The normalized spacial score (nSPS) is 11.7. The van der Waals surface area contributed by atoms with E-state index in [4.69, 9.17) is 5.73 Å². The van der Waals surface area contributed by atoms with Gasteiger partial charge in [-0.25, -0.2) is 4.68 Å². The molecule has 2 rings (SSSR count). The number of aryl methyl sites for hydroxylation is 1. The second-order valence-corrected chi connectivity index (χ2v) is 5.21. The number of rotatable bonds is 3. The summed E-state index contributed by atoms with van der Waals surface area (Å²) in [4.78, 5) is 0. The number of nitrogens with zero attached hydrogens (tertiary/aromatic N) is 2. The molecule has 20 heavy (non-hydrogen) atoms. The Bertz CT molecular complexity index is 608. The van der Waals surface area contributed by atoms with Crippen molar-refractivity contribution in [2.45, 2.75) is 19.8 Å². The van der Waals surface area contributed by atoms with Gasteiger partial charge in [-0.3, -0.25) is 0 Å². The van der Waals surface area contributed by atoms with E-state index < -0.39 is 6.36 Å². The Kier molecular flexibility index (Phi) is 4.11. The lowest BCUT2D eigenvalue weighted by Crippen LogP contribution is -2.17. The zero-order chi connectivity index (χ0) is 14.9. The highest BCUT2D eigenvalue weighted by Crippen LogP contribution is 2.24. The molecular weight excluding hydrogens is 386 g/mol. The second kappa shape index (κ2) is 5.51. The van der Waals surface area contributed by atoms with Crippen LogP contribution in [0.1, 0.15) is 11.3 Å². The number of aromatic nitrogens is 2. The summed E-state index contributed by atoms with van der Waals surface area (Å²) in [6.07, 6.45) is -4.68. The fraction of sp³-hybridized carbons (Fsp3) is 0.250. The van der Waals surface area contributed by atoms with Gasteiger partial charge in [0.05, 0.1) is 15.8 Å². The van der Waals surface area contributed by atoms with Crippen LogP contribution < -0.4 is 10.5 Å². The van der Waals surface area contributed by atoms with Crippen LogP contribution in [-0.4, -0.2) is 16.1 Å². The Labute approximate surface area is 126 Å². The summed E-state index contributed by atoms with van der Waals surface area (Å²) in [5.74, 6) is 0.291. The number of nitrogen functional groups attached to an aromatic ring is 1. The van der Waals surface area contributed by atoms with Crippen molar-refractivity contribution >= 4 is 28.4 Å². The Balaban J connectivity index is 2.13. The van der Waals surface area contributed by atoms with Crippen molar-refractivity contribution in [1.82, 2.24) is 9.78 Å². The van der Waals surface area contributed by atoms with Gasteiger partial charge in [0.15, 0.2) is 0 Å². The van der Waals surface area contributed by atoms with Crippen molar-refractivity contribution < 1.29 is 17.9 Å². The van der Waals surface area contributed by atoms with Crippen molar-refractivity contribution in [3.8, 4) is 5.75 Å². The van der Waals surface area contributed by atoms with Crippen LogP contribution in [0.3, 0.4) is 0 Å². The van der Waals surface area contributed by atoms with E-state index >= 15 is 0 Å². The molecule has 0 aliphatic heterocycles. The molecule has 0 unspecified atom stereocenters. The smallest absolute Gasteiger partial charge is 0.406 e. The van der Waals surface area contributed by atoms with Gasteiger partial charge in [-0.15, -0.1) is 13.2 Å². The first-order chi connectivity index (χ1) is 9.26. The number of hydrogen-bond acceptors (Lipinski definition) is 3. The van der Waals surface area contributed by atoms with Gasteiger partial charge >= 0.3 is 6.36 Å². The first-order valence-corrected chi connectivity index (χ1v) is 6.67. The molecule has 1 aromatic heterocycles. The zero-order valence-electron chi connectivity index (χ0n) is 10.4. The number of ether oxygens (including phenoxy) is 1. The van der Waals surface area contributed by atoms with Gasteiger partial charge in [-0.05, 0) is 47.2 Å². The zero-order valence-corrected chi connectivity index (χ0v) is 12.6. The van der Waals surface area contributed by atoms with E-state index in [1.807, 2.05) is 6.92 Å². The maximum Gasteiger partial charge on any atom is 0.573 e. The van der Waals surface area contributed by atoms with E-state index in [0.717, 1.165) is 14.8 Å². The first kappa shape index (κ1) is 14.9. The largest absolute Gasteiger partial charge is 0.573 e. The predicted molar refractivity (Wildman–Crippen MR) is 76.3 cm³/mol. The topological polar surface area (TPSA) is 53.1 Å². The van der Waals surface area contributed by atoms with E-state index in [0.29, 0.717) is 12.4 Å². The third kappa shape index (κ3) is 3.56. The maximum atomic E-state index is 12.0. The summed E-state index contributed by atoms with van der Waals surface area (Å²) in [5.41, 5.74) is 7.49. The van der Waals surface area contributed by atoms with Crippen LogP contribution in [-0.2, 0) is 6.54 Å². The molecule has 0 aliphatic carbocycles. The Morgan fingerprint density at radius 3 is 2.35 bits per heavy atom. The number of alkyl halides is 3. The summed E-state index contributed by atoms with van der Waals surface area (Å²) in [6.45, 7) is 2.23. The highest BCUT2D eigenvalue weighted by molar-refractivity contribution is 14.1. The average Bonchev–Trinajstić information content (AvgIpc) is 2.58. The highest BCUT2D eigenvalue weighted by Gasteiger charge is 2.30.